The van der Waals surface area contributed by atoms with E-state index in [1.165, 1.54) is 33.9 Å². The van der Waals surface area contributed by atoms with Gasteiger partial charge in [0.2, 0.25) is 5.69 Å². The van der Waals surface area contributed by atoms with Gasteiger partial charge in [-0.3, -0.25) is 0 Å². The van der Waals surface area contributed by atoms with E-state index in [0.717, 1.165) is 11.5 Å². The number of azide groups is 1. The SMILES string of the molecule is COCCOCCOCCOCCOc1ccc2c(c1)C(C)(C)C(\C=C/C=C\C=C1\N(C)c3ccc(OCCOCCOCCOCCOCCN=[N+]=[N-])cc3C1(C)C)=[N+]2C. The van der Waals surface area contributed by atoms with Crippen LogP contribution in [0.2, 0.25) is 0 Å². The van der Waals surface area contributed by atoms with Crippen LogP contribution >= 0.6 is 0 Å². The van der Waals surface area contributed by atoms with Crippen LogP contribution in [0.3, 0.4) is 0 Å². The van der Waals surface area contributed by atoms with E-state index in [2.05, 4.69) is 116 Å². The molecule has 2 heterocycles. The minimum atomic E-state index is -0.209. The summed E-state index contributed by atoms with van der Waals surface area (Å²) in [7, 11) is 5.89. The molecular weight excluding hydrogens is 783 g/mol. The van der Waals surface area contributed by atoms with Gasteiger partial charge in [-0.1, -0.05) is 37.2 Å². The number of ether oxygens (including phenoxy) is 10. The van der Waals surface area contributed by atoms with Crippen molar-refractivity contribution in [2.45, 2.75) is 38.5 Å². The number of methoxy groups -OCH3 is 1. The Kier molecular flexibility index (Phi) is 21.8. The standard InChI is InChI=1S/C46H68N5O10/c1-45(2)39-35-37(60-33-31-58-29-27-56-24-23-54-20-19-52-7)13-15-41(39)50(5)43(45)11-9-8-10-12-44-46(3,4)40-36-38(14-16-42(40)51(44)6)61-34-32-59-30-28-57-26-25-55-22-21-53-18-17-48-49-47/h8-16,35-36H,17-34H2,1-7H3/q+1. The summed E-state index contributed by atoms with van der Waals surface area (Å²) in [6, 6.07) is 12.6. The molecule has 336 valence electrons. The number of allylic oxidation sites excluding steroid dienone is 6. The van der Waals surface area contributed by atoms with E-state index in [1.54, 1.807) is 7.11 Å². The summed E-state index contributed by atoms with van der Waals surface area (Å²) in [5.74, 6) is 1.65. The van der Waals surface area contributed by atoms with Gasteiger partial charge >= 0.3 is 0 Å². The molecule has 2 aromatic carbocycles. The Morgan fingerprint density at radius 1 is 0.623 bits per heavy atom. The molecule has 0 bridgehead atoms. The van der Waals surface area contributed by atoms with Crippen molar-refractivity contribution < 1.29 is 51.9 Å². The van der Waals surface area contributed by atoms with E-state index < -0.39 is 0 Å². The third kappa shape index (κ3) is 15.5. The maximum Gasteiger partial charge on any atom is 0.209 e. The lowest BCUT2D eigenvalue weighted by Gasteiger charge is -2.23. The Morgan fingerprint density at radius 3 is 1.66 bits per heavy atom. The molecule has 0 atom stereocenters. The van der Waals surface area contributed by atoms with E-state index in [-0.39, 0.29) is 10.8 Å². The van der Waals surface area contributed by atoms with Crippen molar-refractivity contribution in [3.05, 3.63) is 94.0 Å². The van der Waals surface area contributed by atoms with Crippen molar-refractivity contribution in [3.8, 4) is 11.5 Å². The maximum atomic E-state index is 8.23. The number of fused-ring (bicyclic) bond motifs is 2. The quantitative estimate of drug-likeness (QED) is 0.0188. The highest BCUT2D eigenvalue weighted by molar-refractivity contribution is 6.03. The molecule has 0 amide bonds. The number of hydrogen-bond donors (Lipinski definition) is 0. The number of benzene rings is 2. The van der Waals surface area contributed by atoms with Crippen LogP contribution in [0.4, 0.5) is 11.4 Å². The first-order valence-electron chi connectivity index (χ1n) is 21.1. The lowest BCUT2D eigenvalue weighted by atomic mass is 9.81. The zero-order valence-corrected chi connectivity index (χ0v) is 37.4. The summed E-state index contributed by atoms with van der Waals surface area (Å²) >= 11 is 0. The molecule has 2 aliphatic heterocycles. The Morgan fingerprint density at radius 2 is 1.11 bits per heavy atom. The largest absolute Gasteiger partial charge is 0.491 e. The molecular formula is C46H68N5O10+. The predicted molar refractivity (Wildman–Crippen MR) is 237 cm³/mol. The van der Waals surface area contributed by atoms with Gasteiger partial charge in [-0.25, -0.2) is 0 Å². The second-order valence-corrected chi connectivity index (χ2v) is 15.3. The van der Waals surface area contributed by atoms with E-state index in [4.69, 9.17) is 52.9 Å². The predicted octanol–water partition coefficient (Wildman–Crippen LogP) is 6.95. The van der Waals surface area contributed by atoms with Crippen LogP contribution < -0.4 is 14.4 Å². The molecule has 0 fully saturated rings. The van der Waals surface area contributed by atoms with E-state index >= 15 is 0 Å². The Hall–Kier alpha value is -4.28. The average molecular weight is 851 g/mol. The second kappa shape index (κ2) is 26.9. The van der Waals surface area contributed by atoms with Crippen LogP contribution in [-0.2, 0) is 48.7 Å². The van der Waals surface area contributed by atoms with Crippen molar-refractivity contribution in [2.24, 2.45) is 5.11 Å². The molecule has 15 heteroatoms. The van der Waals surface area contributed by atoms with Gasteiger partial charge in [-0.15, -0.1) is 0 Å². The van der Waals surface area contributed by atoms with Gasteiger partial charge in [0.05, 0.1) is 105 Å². The van der Waals surface area contributed by atoms with Crippen molar-refractivity contribution in [1.82, 2.24) is 0 Å². The van der Waals surface area contributed by atoms with Gasteiger partial charge in [-0.2, -0.15) is 4.58 Å². The minimum absolute atomic E-state index is 0.201. The third-order valence-corrected chi connectivity index (χ3v) is 10.4. The third-order valence-electron chi connectivity index (χ3n) is 10.4. The highest BCUT2D eigenvalue weighted by atomic mass is 16.6. The van der Waals surface area contributed by atoms with Crippen molar-refractivity contribution in [1.29, 1.82) is 0 Å². The summed E-state index contributed by atoms with van der Waals surface area (Å²) in [4.78, 5) is 4.93. The lowest BCUT2D eigenvalue weighted by molar-refractivity contribution is -0.401. The molecule has 0 N–H and O–H groups in total. The minimum Gasteiger partial charge on any atom is -0.491 e. The van der Waals surface area contributed by atoms with Crippen molar-refractivity contribution >= 4 is 17.1 Å². The smallest absolute Gasteiger partial charge is 0.209 e. The molecule has 0 aromatic heterocycles. The molecule has 15 nitrogen and oxygen atoms in total. The molecule has 0 spiro atoms. The van der Waals surface area contributed by atoms with Gasteiger partial charge in [-0.05, 0) is 61.3 Å². The van der Waals surface area contributed by atoms with Crippen LogP contribution in [0.15, 0.2) is 77.6 Å². The highest BCUT2D eigenvalue weighted by Crippen LogP contribution is 2.48. The van der Waals surface area contributed by atoms with Gasteiger partial charge in [0.25, 0.3) is 0 Å². The van der Waals surface area contributed by atoms with Gasteiger partial charge in [0.15, 0.2) is 5.71 Å². The van der Waals surface area contributed by atoms with Gasteiger partial charge in [0, 0.05) is 60.1 Å². The van der Waals surface area contributed by atoms with Crippen LogP contribution in [0.5, 0.6) is 11.5 Å². The molecule has 0 unspecified atom stereocenters. The van der Waals surface area contributed by atoms with E-state index in [0.29, 0.717) is 119 Å². The zero-order valence-electron chi connectivity index (χ0n) is 37.4. The second-order valence-electron chi connectivity index (χ2n) is 15.3. The molecule has 0 saturated heterocycles. The highest BCUT2D eigenvalue weighted by Gasteiger charge is 2.43. The fourth-order valence-corrected chi connectivity index (χ4v) is 7.20. The molecule has 0 radical (unpaired) electrons. The monoisotopic (exact) mass is 850 g/mol. The molecule has 61 heavy (non-hydrogen) atoms. The van der Waals surface area contributed by atoms with E-state index in [9.17, 15) is 0 Å². The van der Waals surface area contributed by atoms with E-state index in [1.807, 2.05) is 12.1 Å². The molecule has 2 aromatic rings. The van der Waals surface area contributed by atoms with Crippen LogP contribution in [0, 0.1) is 0 Å². The molecule has 0 aliphatic carbocycles. The van der Waals surface area contributed by atoms with Gasteiger partial charge < -0.3 is 52.3 Å². The molecule has 2 aliphatic rings. The zero-order chi connectivity index (χ0) is 43.8. The van der Waals surface area contributed by atoms with Crippen LogP contribution in [0.25, 0.3) is 10.4 Å². The average Bonchev–Trinajstić information content (AvgIpc) is 3.56. The summed E-state index contributed by atoms with van der Waals surface area (Å²) < 4.78 is 57.9. The Balaban J connectivity index is 1.16. The summed E-state index contributed by atoms with van der Waals surface area (Å²) in [5.41, 5.74) is 15.0. The normalized spacial score (nSPS) is 15.9. The van der Waals surface area contributed by atoms with Gasteiger partial charge in [0.1, 0.15) is 31.8 Å². The van der Waals surface area contributed by atoms with Crippen LogP contribution in [-0.4, -0.2) is 150 Å². The summed E-state index contributed by atoms with van der Waals surface area (Å²) in [6.07, 6.45) is 10.7. The first-order valence-corrected chi connectivity index (χ1v) is 21.1. The lowest BCUT2D eigenvalue weighted by Crippen LogP contribution is -2.26. The Labute approximate surface area is 362 Å². The fourth-order valence-electron chi connectivity index (χ4n) is 7.20. The number of nitrogens with zero attached hydrogens (tertiary/aromatic N) is 5. The first-order chi connectivity index (χ1) is 29.6. The van der Waals surface area contributed by atoms with Crippen molar-refractivity contribution in [3.63, 3.8) is 0 Å². The Bertz CT molecular complexity index is 1800. The fraction of sp³-hybridized carbons (Fsp3) is 0.587. The number of hydrogen-bond acceptors (Lipinski definition) is 12. The number of rotatable bonds is 32. The molecule has 4 rings (SSSR count). The molecule has 0 saturated carbocycles. The summed E-state index contributed by atoms with van der Waals surface area (Å²) in [6.45, 7) is 17.7. The summed E-state index contributed by atoms with van der Waals surface area (Å²) in [5, 5.41) is 3.41. The topological polar surface area (TPSA) is 147 Å². The number of anilines is 1. The van der Waals surface area contributed by atoms with Crippen molar-refractivity contribution in [2.75, 3.05) is 145 Å². The van der Waals surface area contributed by atoms with Crippen LogP contribution in [0.1, 0.15) is 38.8 Å². The number of likely N-dealkylation sites (N-methyl/N-ethyl adjacent to an activating group) is 1. The first kappa shape index (κ1) is 49.4. The maximum absolute atomic E-state index is 8.23.